The molecule has 6 nitrogen and oxygen atoms in total. The fourth-order valence-corrected chi connectivity index (χ4v) is 3.50. The highest BCUT2D eigenvalue weighted by atomic mass is 32.1. The first-order valence-electron chi connectivity index (χ1n) is 8.41. The zero-order valence-corrected chi connectivity index (χ0v) is 14.4. The Morgan fingerprint density at radius 1 is 1.17 bits per heavy atom. The molecule has 1 aromatic rings. The van der Waals surface area contributed by atoms with Crippen molar-refractivity contribution >= 4 is 28.9 Å². The van der Waals surface area contributed by atoms with Crippen LogP contribution >= 0.6 is 11.3 Å². The first-order chi connectivity index (χ1) is 11.6. The van der Waals surface area contributed by atoms with Gasteiger partial charge in [0, 0.05) is 6.04 Å². The molecule has 0 unspecified atom stereocenters. The maximum absolute atomic E-state index is 12.3. The van der Waals surface area contributed by atoms with Crippen LogP contribution in [0.25, 0.3) is 0 Å². The number of Topliss-reactive ketones (excluding diaryl/α,β-unsaturated/α-hetero) is 1. The molecular formula is C17H24N2O4S. The van der Waals surface area contributed by atoms with E-state index < -0.39 is 30.2 Å². The van der Waals surface area contributed by atoms with E-state index in [1.54, 1.807) is 17.5 Å². The maximum Gasteiger partial charge on any atom is 0.293 e. The Kier molecular flexibility index (Phi) is 7.39. The molecule has 7 heteroatoms. The number of nitrogens with one attached hydrogen (secondary N) is 2. The standard InChI is InChI=1S/C17H24N2O4S/c20-11-13(19-17(23)15(21)14-9-6-10-24-14)16(22)18-12-7-4-2-1-3-5-8-12/h6,9-10,12-13,20H,1-5,7-8,11H2,(H,18,22)(H,19,23)/t13-/m0/s1. The highest BCUT2D eigenvalue weighted by Gasteiger charge is 2.26. The fourth-order valence-electron chi connectivity index (χ4n) is 2.84. The molecule has 0 saturated heterocycles. The molecule has 0 aliphatic heterocycles. The van der Waals surface area contributed by atoms with Crippen molar-refractivity contribution in [2.45, 2.75) is 57.0 Å². The molecule has 1 aliphatic rings. The van der Waals surface area contributed by atoms with E-state index in [9.17, 15) is 19.5 Å². The van der Waals surface area contributed by atoms with Gasteiger partial charge in [-0.05, 0) is 24.3 Å². The number of aliphatic hydroxyl groups is 1. The summed E-state index contributed by atoms with van der Waals surface area (Å²) in [4.78, 5) is 36.5. The zero-order valence-electron chi connectivity index (χ0n) is 13.6. The Hall–Kier alpha value is -1.73. The Bertz CT molecular complexity index is 551. The lowest BCUT2D eigenvalue weighted by Gasteiger charge is -2.23. The van der Waals surface area contributed by atoms with Gasteiger partial charge in [-0.15, -0.1) is 11.3 Å². The topological polar surface area (TPSA) is 95.5 Å². The van der Waals surface area contributed by atoms with Gasteiger partial charge in [0.05, 0.1) is 11.5 Å². The molecule has 2 amide bonds. The van der Waals surface area contributed by atoms with Gasteiger partial charge in [-0.1, -0.05) is 38.2 Å². The number of amides is 2. The summed E-state index contributed by atoms with van der Waals surface area (Å²) in [5.74, 6) is -2.00. The van der Waals surface area contributed by atoms with Crippen molar-refractivity contribution in [2.24, 2.45) is 0 Å². The molecular weight excluding hydrogens is 328 g/mol. The van der Waals surface area contributed by atoms with Gasteiger partial charge >= 0.3 is 0 Å². The molecule has 1 saturated carbocycles. The summed E-state index contributed by atoms with van der Waals surface area (Å²) in [5.41, 5.74) is 0. The smallest absolute Gasteiger partial charge is 0.293 e. The van der Waals surface area contributed by atoms with Crippen molar-refractivity contribution in [3.63, 3.8) is 0 Å². The first-order valence-corrected chi connectivity index (χ1v) is 9.29. The van der Waals surface area contributed by atoms with Crippen LogP contribution in [0.15, 0.2) is 17.5 Å². The fraction of sp³-hybridized carbons (Fsp3) is 0.588. The molecule has 2 rings (SSSR count). The van der Waals surface area contributed by atoms with Gasteiger partial charge in [-0.3, -0.25) is 14.4 Å². The number of aliphatic hydroxyl groups excluding tert-OH is 1. The third kappa shape index (κ3) is 5.42. The second-order valence-corrected chi connectivity index (χ2v) is 7.01. The molecule has 0 radical (unpaired) electrons. The van der Waals surface area contributed by atoms with E-state index in [4.69, 9.17) is 0 Å². The minimum Gasteiger partial charge on any atom is -0.394 e. The Balaban J connectivity index is 1.88. The van der Waals surface area contributed by atoms with Crippen molar-refractivity contribution < 1.29 is 19.5 Å². The van der Waals surface area contributed by atoms with Crippen LogP contribution in [0.3, 0.4) is 0 Å². The van der Waals surface area contributed by atoms with E-state index >= 15 is 0 Å². The van der Waals surface area contributed by atoms with E-state index in [1.165, 1.54) is 19.3 Å². The SMILES string of the molecule is O=C(N[C@@H](CO)C(=O)NC1CCCCCCC1)C(=O)c1cccs1. The third-order valence-electron chi connectivity index (χ3n) is 4.21. The molecule has 0 spiro atoms. The lowest BCUT2D eigenvalue weighted by Crippen LogP contribution is -2.52. The molecule has 0 aromatic carbocycles. The van der Waals surface area contributed by atoms with Crippen LogP contribution in [0.2, 0.25) is 0 Å². The molecule has 1 heterocycles. The van der Waals surface area contributed by atoms with Gasteiger partial charge in [-0.2, -0.15) is 0 Å². The average Bonchev–Trinajstić information content (AvgIpc) is 3.08. The van der Waals surface area contributed by atoms with Crippen molar-refractivity contribution in [3.05, 3.63) is 22.4 Å². The van der Waals surface area contributed by atoms with Crippen LogP contribution in [0, 0.1) is 0 Å². The minimum atomic E-state index is -1.10. The number of hydrogen-bond acceptors (Lipinski definition) is 5. The molecule has 1 aromatic heterocycles. The monoisotopic (exact) mass is 352 g/mol. The van der Waals surface area contributed by atoms with Crippen molar-refractivity contribution in [1.82, 2.24) is 10.6 Å². The molecule has 24 heavy (non-hydrogen) atoms. The lowest BCUT2D eigenvalue weighted by molar-refractivity contribution is -0.128. The van der Waals surface area contributed by atoms with Crippen molar-refractivity contribution in [2.75, 3.05) is 6.61 Å². The van der Waals surface area contributed by atoms with Crippen LogP contribution in [-0.4, -0.2) is 41.4 Å². The molecule has 1 fully saturated rings. The van der Waals surface area contributed by atoms with Gasteiger partial charge in [0.1, 0.15) is 6.04 Å². The summed E-state index contributed by atoms with van der Waals surface area (Å²) in [6.45, 7) is -0.540. The number of ketones is 1. The van der Waals surface area contributed by atoms with E-state index in [2.05, 4.69) is 10.6 Å². The van der Waals surface area contributed by atoms with E-state index in [-0.39, 0.29) is 6.04 Å². The quantitative estimate of drug-likeness (QED) is 0.536. The Morgan fingerprint density at radius 3 is 2.42 bits per heavy atom. The largest absolute Gasteiger partial charge is 0.394 e. The van der Waals surface area contributed by atoms with E-state index in [0.717, 1.165) is 37.0 Å². The minimum absolute atomic E-state index is 0.0664. The normalized spacial score (nSPS) is 17.4. The predicted octanol–water partition coefficient (Wildman–Crippen LogP) is 1.64. The zero-order chi connectivity index (χ0) is 17.4. The number of hydrogen-bond donors (Lipinski definition) is 3. The van der Waals surface area contributed by atoms with Gasteiger partial charge in [-0.25, -0.2) is 0 Å². The van der Waals surface area contributed by atoms with Crippen LogP contribution in [0.5, 0.6) is 0 Å². The molecule has 1 aliphatic carbocycles. The summed E-state index contributed by atoms with van der Waals surface area (Å²) in [6.07, 6.45) is 7.53. The molecule has 132 valence electrons. The highest BCUT2D eigenvalue weighted by Crippen LogP contribution is 2.17. The van der Waals surface area contributed by atoms with E-state index in [0.29, 0.717) is 4.88 Å². The van der Waals surface area contributed by atoms with Crippen LogP contribution in [0.1, 0.15) is 54.6 Å². The summed E-state index contributed by atoms with van der Waals surface area (Å²) in [5, 5.41) is 16.3. The molecule has 0 bridgehead atoms. The summed E-state index contributed by atoms with van der Waals surface area (Å²) in [7, 11) is 0. The molecule has 1 atom stereocenters. The number of thiophene rings is 1. The summed E-state index contributed by atoms with van der Waals surface area (Å²) < 4.78 is 0. The number of carbonyl (C=O) groups excluding carboxylic acids is 3. The maximum atomic E-state index is 12.3. The van der Waals surface area contributed by atoms with Gasteiger partial charge < -0.3 is 15.7 Å². The van der Waals surface area contributed by atoms with Crippen molar-refractivity contribution in [1.29, 1.82) is 0 Å². The Labute approximate surface area is 145 Å². The van der Waals surface area contributed by atoms with Crippen LogP contribution < -0.4 is 10.6 Å². The number of carbonyl (C=O) groups is 3. The predicted molar refractivity (Wildman–Crippen MR) is 91.9 cm³/mol. The molecule has 3 N–H and O–H groups in total. The van der Waals surface area contributed by atoms with Gasteiger partial charge in [0.25, 0.3) is 11.7 Å². The third-order valence-corrected chi connectivity index (χ3v) is 5.08. The second kappa shape index (κ2) is 9.54. The van der Waals surface area contributed by atoms with E-state index in [1.807, 2.05) is 0 Å². The summed E-state index contributed by atoms with van der Waals surface area (Å²) in [6, 6.07) is 2.19. The number of rotatable bonds is 6. The van der Waals surface area contributed by atoms with Crippen molar-refractivity contribution in [3.8, 4) is 0 Å². The lowest BCUT2D eigenvalue weighted by atomic mass is 9.96. The van der Waals surface area contributed by atoms with Crippen LogP contribution in [-0.2, 0) is 9.59 Å². The highest BCUT2D eigenvalue weighted by molar-refractivity contribution is 7.13. The average molecular weight is 352 g/mol. The van der Waals surface area contributed by atoms with Gasteiger partial charge in [0.15, 0.2) is 0 Å². The Morgan fingerprint density at radius 2 is 1.83 bits per heavy atom. The second-order valence-electron chi connectivity index (χ2n) is 6.07. The first kappa shape index (κ1) is 18.6. The summed E-state index contributed by atoms with van der Waals surface area (Å²) >= 11 is 1.16. The van der Waals surface area contributed by atoms with Gasteiger partial charge in [0.2, 0.25) is 5.91 Å². The van der Waals surface area contributed by atoms with Crippen LogP contribution in [0.4, 0.5) is 0 Å².